The Hall–Kier alpha value is -3.19. The Bertz CT molecular complexity index is 1190. The Labute approximate surface area is 167 Å². The number of rotatable bonds is 6. The third-order valence-electron chi connectivity index (χ3n) is 4.41. The molecule has 0 radical (unpaired) electrons. The predicted molar refractivity (Wildman–Crippen MR) is 113 cm³/mol. The number of furan rings is 1. The second kappa shape index (κ2) is 7.82. The van der Waals surface area contributed by atoms with Crippen molar-refractivity contribution in [3.63, 3.8) is 0 Å². The molecule has 2 aromatic carbocycles. The van der Waals surface area contributed by atoms with Gasteiger partial charge in [0.05, 0.1) is 12.8 Å². The Kier molecular flexibility index (Phi) is 5.08. The first kappa shape index (κ1) is 18.2. The van der Waals surface area contributed by atoms with E-state index in [4.69, 9.17) is 21.4 Å². The van der Waals surface area contributed by atoms with Crippen LogP contribution in [0.15, 0.2) is 58.0 Å². The van der Waals surface area contributed by atoms with Gasteiger partial charge < -0.3 is 9.15 Å². The van der Waals surface area contributed by atoms with Gasteiger partial charge in [-0.15, -0.1) is 0 Å². The number of aryl methyl sites for hydroxylation is 1. The first-order chi connectivity index (χ1) is 13.7. The minimum Gasteiger partial charge on any atom is -0.494 e. The molecule has 2 aromatic heterocycles. The van der Waals surface area contributed by atoms with Gasteiger partial charge in [-0.3, -0.25) is 0 Å². The number of aromatic nitrogens is 3. The van der Waals surface area contributed by atoms with Crippen LogP contribution in [0.1, 0.15) is 25.2 Å². The van der Waals surface area contributed by atoms with Crippen LogP contribution in [0.5, 0.6) is 5.75 Å². The lowest BCUT2D eigenvalue weighted by molar-refractivity contribution is 0.340. The van der Waals surface area contributed by atoms with Gasteiger partial charge in [0.2, 0.25) is 4.77 Å². The molecule has 0 unspecified atom stereocenters. The van der Waals surface area contributed by atoms with Crippen molar-refractivity contribution in [2.75, 3.05) is 6.61 Å². The van der Waals surface area contributed by atoms with Crippen LogP contribution in [0.4, 0.5) is 0 Å². The number of H-pyrrole nitrogens is 1. The van der Waals surface area contributed by atoms with E-state index >= 15 is 0 Å². The molecule has 4 aromatic rings. The van der Waals surface area contributed by atoms with E-state index in [0.29, 0.717) is 17.2 Å². The highest BCUT2D eigenvalue weighted by atomic mass is 32.1. The average molecular weight is 392 g/mol. The van der Waals surface area contributed by atoms with Crippen molar-refractivity contribution >= 4 is 29.4 Å². The van der Waals surface area contributed by atoms with E-state index in [0.717, 1.165) is 40.0 Å². The summed E-state index contributed by atoms with van der Waals surface area (Å²) in [5.74, 6) is 2.34. The Morgan fingerprint density at radius 1 is 1.18 bits per heavy atom. The number of fused-ring (bicyclic) bond motifs is 1. The van der Waals surface area contributed by atoms with Crippen LogP contribution in [0.3, 0.4) is 0 Å². The molecular weight excluding hydrogens is 372 g/mol. The molecule has 2 heterocycles. The molecule has 28 heavy (non-hydrogen) atoms. The third kappa shape index (κ3) is 3.36. The summed E-state index contributed by atoms with van der Waals surface area (Å²) in [4.78, 5) is 0. The number of nitrogens with one attached hydrogen (secondary N) is 1. The summed E-state index contributed by atoms with van der Waals surface area (Å²) >= 11 is 5.38. The molecule has 4 rings (SSSR count). The van der Waals surface area contributed by atoms with Crippen molar-refractivity contribution in [1.29, 1.82) is 0 Å². The smallest absolute Gasteiger partial charge is 0.216 e. The van der Waals surface area contributed by atoms with Crippen molar-refractivity contribution in [2.45, 2.75) is 20.3 Å². The van der Waals surface area contributed by atoms with Gasteiger partial charge >= 0.3 is 0 Å². The molecule has 0 bridgehead atoms. The van der Waals surface area contributed by atoms with Gasteiger partial charge in [0.25, 0.3) is 0 Å². The third-order valence-corrected chi connectivity index (χ3v) is 4.67. The van der Waals surface area contributed by atoms with Gasteiger partial charge in [-0.1, -0.05) is 25.1 Å². The van der Waals surface area contributed by atoms with E-state index in [1.165, 1.54) is 0 Å². The fourth-order valence-corrected chi connectivity index (χ4v) is 3.27. The van der Waals surface area contributed by atoms with Crippen molar-refractivity contribution in [2.24, 2.45) is 5.10 Å². The Balaban J connectivity index is 1.74. The number of benzene rings is 2. The lowest BCUT2D eigenvalue weighted by Gasteiger charge is -2.04. The van der Waals surface area contributed by atoms with Gasteiger partial charge in [0, 0.05) is 22.9 Å². The van der Waals surface area contributed by atoms with Gasteiger partial charge in [-0.25, -0.2) is 5.10 Å². The van der Waals surface area contributed by atoms with Gasteiger partial charge in [0.1, 0.15) is 17.1 Å². The van der Waals surface area contributed by atoms with Crippen LogP contribution in [-0.4, -0.2) is 27.7 Å². The fraction of sp³-hybridized carbons (Fsp3) is 0.190. The molecule has 0 aliphatic carbocycles. The van der Waals surface area contributed by atoms with Gasteiger partial charge in [-0.2, -0.15) is 14.9 Å². The van der Waals surface area contributed by atoms with Crippen LogP contribution in [0.2, 0.25) is 0 Å². The van der Waals surface area contributed by atoms with E-state index in [1.54, 1.807) is 10.9 Å². The zero-order chi connectivity index (χ0) is 19.5. The molecule has 142 valence electrons. The van der Waals surface area contributed by atoms with E-state index in [1.807, 2.05) is 55.5 Å². The Morgan fingerprint density at radius 3 is 2.71 bits per heavy atom. The van der Waals surface area contributed by atoms with Crippen molar-refractivity contribution in [1.82, 2.24) is 14.9 Å². The standard InChI is InChI=1S/C21H20N4O2S/c1-3-18-17(16-7-5-6-8-19(16)27-18)13-22-25-20(23-24-21(25)28)14-9-11-15(12-10-14)26-4-2/h5-13H,3-4H2,1-2H3,(H,24,28)/b22-13-. The average Bonchev–Trinajstić information content (AvgIpc) is 3.27. The summed E-state index contributed by atoms with van der Waals surface area (Å²) in [6.07, 6.45) is 2.56. The summed E-state index contributed by atoms with van der Waals surface area (Å²) in [5, 5.41) is 12.8. The van der Waals surface area contributed by atoms with E-state index in [2.05, 4.69) is 22.2 Å². The number of para-hydroxylation sites is 1. The fourth-order valence-electron chi connectivity index (χ4n) is 3.09. The lowest BCUT2D eigenvalue weighted by Crippen LogP contribution is -1.96. The van der Waals surface area contributed by atoms with Gasteiger partial charge in [0.15, 0.2) is 5.82 Å². The monoisotopic (exact) mass is 392 g/mol. The molecule has 7 heteroatoms. The second-order valence-electron chi connectivity index (χ2n) is 6.15. The first-order valence-electron chi connectivity index (χ1n) is 9.16. The van der Waals surface area contributed by atoms with Crippen LogP contribution in [0, 0.1) is 4.77 Å². The minimum absolute atomic E-state index is 0.422. The molecule has 0 spiro atoms. The van der Waals surface area contributed by atoms with Crippen molar-refractivity contribution < 1.29 is 9.15 Å². The van der Waals surface area contributed by atoms with E-state index in [-0.39, 0.29) is 0 Å². The molecular formula is C21H20N4O2S. The van der Waals surface area contributed by atoms with Crippen LogP contribution < -0.4 is 4.74 Å². The maximum atomic E-state index is 5.94. The number of ether oxygens (including phenoxy) is 1. The molecule has 1 N–H and O–H groups in total. The molecule has 6 nitrogen and oxygen atoms in total. The summed E-state index contributed by atoms with van der Waals surface area (Å²) < 4.78 is 13.5. The summed E-state index contributed by atoms with van der Waals surface area (Å²) in [6.45, 7) is 4.64. The number of hydrogen-bond acceptors (Lipinski definition) is 5. The lowest BCUT2D eigenvalue weighted by atomic mass is 10.1. The molecule has 0 fully saturated rings. The summed E-state index contributed by atoms with van der Waals surface area (Å²) in [6, 6.07) is 15.6. The molecule has 0 aliphatic rings. The summed E-state index contributed by atoms with van der Waals surface area (Å²) in [7, 11) is 0. The molecule has 0 aliphatic heterocycles. The highest BCUT2D eigenvalue weighted by Crippen LogP contribution is 2.25. The maximum Gasteiger partial charge on any atom is 0.216 e. The van der Waals surface area contributed by atoms with E-state index < -0.39 is 0 Å². The summed E-state index contributed by atoms with van der Waals surface area (Å²) in [5.41, 5.74) is 2.70. The molecule has 0 atom stereocenters. The predicted octanol–water partition coefficient (Wildman–Crippen LogP) is 5.20. The van der Waals surface area contributed by atoms with Crippen molar-refractivity contribution in [3.05, 3.63) is 64.6 Å². The molecule has 0 saturated heterocycles. The zero-order valence-electron chi connectivity index (χ0n) is 15.7. The number of hydrogen-bond donors (Lipinski definition) is 1. The highest BCUT2D eigenvalue weighted by molar-refractivity contribution is 7.71. The first-order valence-corrected chi connectivity index (χ1v) is 9.57. The highest BCUT2D eigenvalue weighted by Gasteiger charge is 2.12. The van der Waals surface area contributed by atoms with Crippen molar-refractivity contribution in [3.8, 4) is 17.1 Å². The van der Waals surface area contributed by atoms with E-state index in [9.17, 15) is 0 Å². The number of aromatic amines is 1. The van der Waals surface area contributed by atoms with Gasteiger partial charge in [-0.05, 0) is 49.5 Å². The van der Waals surface area contributed by atoms with Crippen LogP contribution >= 0.6 is 12.2 Å². The normalized spacial score (nSPS) is 11.5. The largest absolute Gasteiger partial charge is 0.494 e. The second-order valence-corrected chi connectivity index (χ2v) is 6.54. The number of nitrogens with zero attached hydrogens (tertiary/aromatic N) is 3. The minimum atomic E-state index is 0.422. The molecule has 0 amide bonds. The quantitative estimate of drug-likeness (QED) is 0.362. The Morgan fingerprint density at radius 2 is 1.96 bits per heavy atom. The maximum absolute atomic E-state index is 5.94. The SMILES string of the molecule is CCOc1ccc(-c2n[nH]c(=S)n2/N=C\c2c(CC)oc3ccccc23)cc1. The topological polar surface area (TPSA) is 68.3 Å². The zero-order valence-corrected chi connectivity index (χ0v) is 16.5. The molecule has 0 saturated carbocycles. The van der Waals surface area contributed by atoms with Crippen LogP contribution in [-0.2, 0) is 6.42 Å². The van der Waals surface area contributed by atoms with Crippen LogP contribution in [0.25, 0.3) is 22.4 Å².